The molecule has 0 aliphatic heterocycles. The first-order chi connectivity index (χ1) is 10.6. The Labute approximate surface area is 158 Å². The van der Waals surface area contributed by atoms with E-state index in [-0.39, 0.29) is 0 Å². The molecule has 0 aliphatic carbocycles. The Morgan fingerprint density at radius 1 is 0.591 bits per heavy atom. The minimum Gasteiger partial charge on any atom is -0.780 e. The van der Waals surface area contributed by atoms with Crippen LogP contribution in [0.25, 0.3) is 0 Å². The zero-order valence-corrected chi connectivity index (χ0v) is 17.4. The number of benzene rings is 3. The molecule has 0 fully saturated rings. The number of hydrogen-bond donors (Lipinski definition) is 0. The fourth-order valence-electron chi connectivity index (χ4n) is 1.60. The van der Waals surface area contributed by atoms with Crippen molar-refractivity contribution in [2.45, 2.75) is 4.90 Å². The average molecular weight is 541 g/mol. The third-order valence-electron chi connectivity index (χ3n) is 2.65. The van der Waals surface area contributed by atoms with Crippen LogP contribution >= 0.6 is 23.2 Å². The van der Waals surface area contributed by atoms with Gasteiger partial charge in [0, 0.05) is 0 Å². The van der Waals surface area contributed by atoms with E-state index in [0.717, 1.165) is 14.9 Å². The Balaban J connectivity index is 0.000000211. The largest absolute Gasteiger partial charge is 0.780 e. The van der Waals surface area contributed by atoms with Crippen molar-refractivity contribution < 1.29 is 0 Å². The molecule has 3 aromatic rings. The molecule has 2 radical (unpaired) electrons. The zero-order valence-electron chi connectivity index (χ0n) is 11.6. The van der Waals surface area contributed by atoms with Gasteiger partial charge in [-0.25, -0.2) is 0 Å². The van der Waals surface area contributed by atoms with E-state index in [1.807, 2.05) is 54.6 Å². The molecular weight excluding hydrogens is 528 g/mol. The summed E-state index contributed by atoms with van der Waals surface area (Å²) in [6.07, 6.45) is 0. The topological polar surface area (TPSA) is 0 Å². The molecule has 0 N–H and O–H groups in total. The van der Waals surface area contributed by atoms with Crippen molar-refractivity contribution in [2.24, 2.45) is 0 Å². The summed E-state index contributed by atoms with van der Waals surface area (Å²) in [5.74, 6) is 0. The second-order valence-corrected chi connectivity index (χ2v) is 10.6. The van der Waals surface area contributed by atoms with Crippen LogP contribution in [0.1, 0.15) is 0 Å². The van der Waals surface area contributed by atoms with Crippen LogP contribution in [-0.4, -0.2) is 23.2 Å². The Bertz CT molecular complexity index is 639. The Kier molecular flexibility index (Phi) is 7.62. The summed E-state index contributed by atoms with van der Waals surface area (Å²) < 4.78 is 2.86. The molecule has 0 saturated heterocycles. The summed E-state index contributed by atoms with van der Waals surface area (Å²) in [7, 11) is 0. The van der Waals surface area contributed by atoms with Crippen molar-refractivity contribution in [3.8, 4) is 0 Å². The molecule has 110 valence electrons. The zero-order chi connectivity index (χ0) is 15.8. The van der Waals surface area contributed by atoms with E-state index in [1.165, 1.54) is 6.54 Å². The van der Waals surface area contributed by atoms with E-state index in [1.54, 1.807) is 0 Å². The van der Waals surface area contributed by atoms with Gasteiger partial charge in [0.15, 0.2) is 0 Å². The number of rotatable bonds is 2. The molecule has 22 heavy (non-hydrogen) atoms. The quantitative estimate of drug-likeness (QED) is 0.346. The average Bonchev–Trinajstić information content (AvgIpc) is 2.53. The van der Waals surface area contributed by atoms with Crippen molar-refractivity contribution in [2.75, 3.05) is 0 Å². The molecule has 0 spiro atoms. The third-order valence-corrected chi connectivity index (χ3v) is 7.76. The van der Waals surface area contributed by atoms with Gasteiger partial charge in [0.1, 0.15) is 0 Å². The molecule has 3 aromatic carbocycles. The molecule has 0 unspecified atom stereocenters. The van der Waals surface area contributed by atoms with Gasteiger partial charge in [-0.05, 0) is 0 Å². The molecule has 0 aliphatic rings. The van der Waals surface area contributed by atoms with Crippen LogP contribution in [0.2, 0.25) is 10.0 Å². The minimum atomic E-state index is -0.772. The fraction of sp³-hybridized carbons (Fsp3) is 0. The number of halogens is 2. The predicted molar refractivity (Wildman–Crippen MR) is 100.0 cm³/mol. The van der Waals surface area contributed by atoms with Gasteiger partial charge in [-0.15, -0.1) is 0 Å². The van der Waals surface area contributed by atoms with Gasteiger partial charge in [-0.2, -0.15) is 4.90 Å². The maximum Gasteiger partial charge on any atom is -0.0624 e. The van der Waals surface area contributed by atoms with Gasteiger partial charge in [-0.1, -0.05) is 30.3 Å². The predicted octanol–water partition coefficient (Wildman–Crippen LogP) is 4.24. The van der Waals surface area contributed by atoms with Crippen LogP contribution in [0.5, 0.6) is 0 Å². The van der Waals surface area contributed by atoms with Crippen LogP contribution in [-0.2, 0) is 12.6 Å². The van der Waals surface area contributed by atoms with Crippen LogP contribution in [0.3, 0.4) is 0 Å². The molecule has 0 nitrogen and oxygen atoms in total. The van der Waals surface area contributed by atoms with Crippen LogP contribution < -0.4 is 6.54 Å². The van der Waals surface area contributed by atoms with Gasteiger partial charge in [-0.3, -0.25) is 0 Å². The van der Waals surface area contributed by atoms with Gasteiger partial charge in [0.2, 0.25) is 0 Å². The third kappa shape index (κ3) is 6.63. The van der Waals surface area contributed by atoms with Gasteiger partial charge in [0.25, 0.3) is 0 Å². The maximum absolute atomic E-state index is 5.84. The molecule has 0 aromatic heterocycles. The van der Waals surface area contributed by atoms with Gasteiger partial charge in [0.05, 0.1) is 0 Å². The summed E-state index contributed by atoms with van der Waals surface area (Å²) in [6, 6.07) is 25.9. The number of hydrogen-bond acceptors (Lipinski definition) is 1. The van der Waals surface area contributed by atoms with Crippen LogP contribution in [0.4, 0.5) is 0 Å². The van der Waals surface area contributed by atoms with Crippen LogP contribution in [0.15, 0.2) is 83.8 Å². The second kappa shape index (κ2) is 9.47. The summed E-state index contributed by atoms with van der Waals surface area (Å²) in [5.41, 5.74) is 0. The standard InChI is InChI=1S/2C6H4Cl.C6H6S.Bi/c3*7-6-4-2-1-3-5-6;/h2*2-5H;1-5,7H;/q;;;+1/p-1. The van der Waals surface area contributed by atoms with Gasteiger partial charge >= 0.3 is 112 Å². The van der Waals surface area contributed by atoms with Crippen LogP contribution in [0, 0.1) is 0 Å². The first-order valence-corrected chi connectivity index (χ1v) is 11.2. The summed E-state index contributed by atoms with van der Waals surface area (Å²) >= 11 is 15.7. The molecule has 0 bridgehead atoms. The SMILES string of the molecule is Clc1cc[c]([Bi+][c]2ccc(Cl)cc2)cc1.[S-]c1ccccc1. The first-order valence-electron chi connectivity index (χ1n) is 6.58. The molecule has 0 saturated carbocycles. The molecule has 0 amide bonds. The summed E-state index contributed by atoms with van der Waals surface area (Å²) in [6.45, 7) is 0. The van der Waals surface area contributed by atoms with Crippen molar-refractivity contribution in [1.29, 1.82) is 0 Å². The smallest absolute Gasteiger partial charge is 0.0624 e. The van der Waals surface area contributed by atoms with Crippen molar-refractivity contribution in [1.82, 2.24) is 0 Å². The minimum absolute atomic E-state index is 0.772. The molecule has 3 rings (SSSR count). The summed E-state index contributed by atoms with van der Waals surface area (Å²) in [4.78, 5) is 0.905. The van der Waals surface area contributed by atoms with E-state index < -0.39 is 23.2 Å². The Hall–Kier alpha value is -0.657. The fourth-order valence-corrected chi connectivity index (χ4v) is 5.49. The van der Waals surface area contributed by atoms with E-state index in [0.29, 0.717) is 0 Å². The molecule has 0 atom stereocenters. The first kappa shape index (κ1) is 17.7. The molecule has 4 heteroatoms. The Morgan fingerprint density at radius 2 is 1.00 bits per heavy atom. The Morgan fingerprint density at radius 3 is 1.32 bits per heavy atom. The van der Waals surface area contributed by atoms with Gasteiger partial charge < -0.3 is 12.6 Å². The second-order valence-electron chi connectivity index (χ2n) is 4.38. The monoisotopic (exact) mass is 540 g/mol. The van der Waals surface area contributed by atoms with E-state index in [9.17, 15) is 0 Å². The normalized spacial score (nSPS) is 9.73. The van der Waals surface area contributed by atoms with E-state index in [2.05, 4.69) is 24.3 Å². The van der Waals surface area contributed by atoms with E-state index in [4.69, 9.17) is 35.8 Å². The van der Waals surface area contributed by atoms with Crippen molar-refractivity contribution >= 4 is 65.6 Å². The van der Waals surface area contributed by atoms with E-state index >= 15 is 0 Å². The van der Waals surface area contributed by atoms with Crippen molar-refractivity contribution in [3.63, 3.8) is 0 Å². The molecular formula is C18H13BiCl2S. The molecule has 0 heterocycles. The summed E-state index contributed by atoms with van der Waals surface area (Å²) in [5, 5.41) is 1.60. The maximum atomic E-state index is 5.84. The van der Waals surface area contributed by atoms with Crippen molar-refractivity contribution in [3.05, 3.63) is 88.9 Å².